The summed E-state index contributed by atoms with van der Waals surface area (Å²) in [7, 11) is 1.54. The molecule has 0 atom stereocenters. The zero-order chi connectivity index (χ0) is 15.0. The van der Waals surface area contributed by atoms with Gasteiger partial charge < -0.3 is 10.1 Å². The van der Waals surface area contributed by atoms with Gasteiger partial charge in [0.25, 0.3) is 0 Å². The van der Waals surface area contributed by atoms with E-state index in [2.05, 4.69) is 18.5 Å². The van der Waals surface area contributed by atoms with E-state index in [4.69, 9.17) is 16.3 Å². The van der Waals surface area contributed by atoms with Gasteiger partial charge in [-0.3, -0.25) is 9.69 Å². The molecular formula is C15H19ClN2O2. The summed E-state index contributed by atoms with van der Waals surface area (Å²) in [4.78, 5) is 13.9. The van der Waals surface area contributed by atoms with E-state index >= 15 is 0 Å². The van der Waals surface area contributed by atoms with Gasteiger partial charge in [-0.15, -0.1) is 13.2 Å². The number of amides is 1. The van der Waals surface area contributed by atoms with Gasteiger partial charge in [0.2, 0.25) is 5.91 Å². The first-order valence-corrected chi connectivity index (χ1v) is 6.56. The number of halogens is 1. The molecule has 0 spiro atoms. The number of carbonyl (C=O) groups is 1. The first-order valence-electron chi connectivity index (χ1n) is 6.18. The van der Waals surface area contributed by atoms with Crippen molar-refractivity contribution in [3.63, 3.8) is 0 Å². The highest BCUT2D eigenvalue weighted by atomic mass is 35.5. The van der Waals surface area contributed by atoms with Gasteiger partial charge in [-0.25, -0.2) is 0 Å². The van der Waals surface area contributed by atoms with Crippen LogP contribution in [0.3, 0.4) is 0 Å². The highest BCUT2D eigenvalue weighted by molar-refractivity contribution is 6.31. The van der Waals surface area contributed by atoms with Crippen LogP contribution in [-0.2, 0) is 4.79 Å². The molecule has 0 bridgehead atoms. The lowest BCUT2D eigenvalue weighted by Gasteiger charge is -2.18. The summed E-state index contributed by atoms with van der Waals surface area (Å²) < 4.78 is 5.18. The summed E-state index contributed by atoms with van der Waals surface area (Å²) in [5.74, 6) is 0.427. The molecule has 1 amide bonds. The predicted octanol–water partition coefficient (Wildman–Crippen LogP) is 2.96. The molecule has 0 saturated heterocycles. The Kier molecular flexibility index (Phi) is 6.84. The zero-order valence-electron chi connectivity index (χ0n) is 11.6. The third-order valence-corrected chi connectivity index (χ3v) is 2.81. The molecule has 0 fully saturated rings. The van der Waals surface area contributed by atoms with Crippen LogP contribution in [0.2, 0.25) is 5.02 Å². The SMILES string of the molecule is C=CCN(CC=C)CC(=O)Nc1cc(Cl)ccc1OC. The summed E-state index contributed by atoms with van der Waals surface area (Å²) in [5.41, 5.74) is 0.558. The third-order valence-electron chi connectivity index (χ3n) is 2.58. The van der Waals surface area contributed by atoms with Gasteiger partial charge in [0.15, 0.2) is 0 Å². The van der Waals surface area contributed by atoms with E-state index in [9.17, 15) is 4.79 Å². The normalized spacial score (nSPS) is 10.2. The van der Waals surface area contributed by atoms with Crippen LogP contribution in [0, 0.1) is 0 Å². The largest absolute Gasteiger partial charge is 0.495 e. The fourth-order valence-electron chi connectivity index (χ4n) is 1.74. The molecule has 4 nitrogen and oxygen atoms in total. The molecule has 5 heteroatoms. The molecule has 0 aliphatic carbocycles. The number of nitrogens with one attached hydrogen (secondary N) is 1. The Balaban J connectivity index is 2.71. The highest BCUT2D eigenvalue weighted by Crippen LogP contribution is 2.27. The maximum absolute atomic E-state index is 12.0. The number of ether oxygens (including phenoxy) is 1. The molecule has 1 N–H and O–H groups in total. The second-order valence-corrected chi connectivity index (χ2v) is 4.60. The van der Waals surface area contributed by atoms with Crippen molar-refractivity contribution in [1.29, 1.82) is 0 Å². The Bertz CT molecular complexity index is 479. The molecule has 0 radical (unpaired) electrons. The number of carbonyl (C=O) groups excluding carboxylic acids is 1. The van der Waals surface area contributed by atoms with Gasteiger partial charge in [0.05, 0.1) is 19.3 Å². The first-order chi connectivity index (χ1) is 9.60. The van der Waals surface area contributed by atoms with E-state index in [1.54, 1.807) is 37.5 Å². The van der Waals surface area contributed by atoms with Crippen LogP contribution in [0.25, 0.3) is 0 Å². The van der Waals surface area contributed by atoms with E-state index < -0.39 is 0 Å². The Hall–Kier alpha value is -1.78. The molecule has 1 rings (SSSR count). The van der Waals surface area contributed by atoms with Gasteiger partial charge in [0, 0.05) is 18.1 Å². The lowest BCUT2D eigenvalue weighted by molar-refractivity contribution is -0.117. The number of benzene rings is 1. The number of anilines is 1. The molecule has 1 aromatic rings. The summed E-state index contributed by atoms with van der Waals surface area (Å²) in [6.07, 6.45) is 3.49. The van der Waals surface area contributed by atoms with Crippen LogP contribution in [0.15, 0.2) is 43.5 Å². The smallest absolute Gasteiger partial charge is 0.238 e. The van der Waals surface area contributed by atoms with Crippen LogP contribution in [-0.4, -0.2) is 37.6 Å². The summed E-state index contributed by atoms with van der Waals surface area (Å²) in [5, 5.41) is 3.33. The fraction of sp³-hybridized carbons (Fsp3) is 0.267. The van der Waals surface area contributed by atoms with E-state index in [1.165, 1.54) is 0 Å². The lowest BCUT2D eigenvalue weighted by Crippen LogP contribution is -2.33. The average molecular weight is 295 g/mol. The Labute approximate surface area is 124 Å². The number of methoxy groups -OCH3 is 1. The number of hydrogen-bond donors (Lipinski definition) is 1. The van der Waals surface area contributed by atoms with Crippen molar-refractivity contribution in [3.05, 3.63) is 48.5 Å². The second-order valence-electron chi connectivity index (χ2n) is 4.16. The molecule has 20 heavy (non-hydrogen) atoms. The number of hydrogen-bond acceptors (Lipinski definition) is 3. The molecule has 0 aromatic heterocycles. The zero-order valence-corrected chi connectivity index (χ0v) is 12.3. The maximum Gasteiger partial charge on any atom is 0.238 e. The van der Waals surface area contributed by atoms with Crippen molar-refractivity contribution in [3.8, 4) is 5.75 Å². The molecule has 0 aliphatic rings. The van der Waals surface area contributed by atoms with Crippen molar-refractivity contribution in [2.24, 2.45) is 0 Å². The minimum atomic E-state index is -0.144. The average Bonchev–Trinajstić information content (AvgIpc) is 2.39. The lowest BCUT2D eigenvalue weighted by atomic mass is 10.3. The highest BCUT2D eigenvalue weighted by Gasteiger charge is 2.11. The number of rotatable bonds is 8. The maximum atomic E-state index is 12.0. The van der Waals surface area contributed by atoms with Crippen LogP contribution in [0.1, 0.15) is 0 Å². The monoisotopic (exact) mass is 294 g/mol. The molecule has 108 valence electrons. The summed E-state index contributed by atoms with van der Waals surface area (Å²) >= 11 is 5.92. The Morgan fingerprint density at radius 1 is 1.40 bits per heavy atom. The predicted molar refractivity (Wildman–Crippen MR) is 83.5 cm³/mol. The van der Waals surface area contributed by atoms with Crippen LogP contribution in [0.4, 0.5) is 5.69 Å². The second kappa shape index (κ2) is 8.40. The Morgan fingerprint density at radius 2 is 2.05 bits per heavy atom. The van der Waals surface area contributed by atoms with Crippen molar-refractivity contribution >= 4 is 23.2 Å². The summed E-state index contributed by atoms with van der Waals surface area (Å²) in [6.45, 7) is 8.81. The standard InChI is InChI=1S/C15H19ClN2O2/c1-4-8-18(9-5-2)11-15(19)17-13-10-12(16)6-7-14(13)20-3/h4-7,10H,1-2,8-9,11H2,3H3,(H,17,19). The minimum Gasteiger partial charge on any atom is -0.495 e. The van der Waals surface area contributed by atoms with E-state index in [-0.39, 0.29) is 12.5 Å². The quantitative estimate of drug-likeness (QED) is 0.750. The number of nitrogens with zero attached hydrogens (tertiary/aromatic N) is 1. The molecule has 0 unspecified atom stereocenters. The molecular weight excluding hydrogens is 276 g/mol. The van der Waals surface area contributed by atoms with Gasteiger partial charge in [-0.05, 0) is 18.2 Å². The van der Waals surface area contributed by atoms with E-state index in [0.717, 1.165) is 0 Å². The molecule has 0 heterocycles. The third kappa shape index (κ3) is 5.07. The van der Waals surface area contributed by atoms with Crippen LogP contribution < -0.4 is 10.1 Å². The fourth-order valence-corrected chi connectivity index (χ4v) is 1.91. The van der Waals surface area contributed by atoms with Crippen molar-refractivity contribution in [1.82, 2.24) is 4.90 Å². The minimum absolute atomic E-state index is 0.144. The molecule has 0 saturated carbocycles. The van der Waals surface area contributed by atoms with E-state index in [1.807, 2.05) is 4.90 Å². The van der Waals surface area contributed by atoms with Gasteiger partial charge in [0.1, 0.15) is 5.75 Å². The van der Waals surface area contributed by atoms with Crippen molar-refractivity contribution < 1.29 is 9.53 Å². The van der Waals surface area contributed by atoms with Gasteiger partial charge in [-0.2, -0.15) is 0 Å². The van der Waals surface area contributed by atoms with Crippen molar-refractivity contribution in [2.75, 3.05) is 32.1 Å². The van der Waals surface area contributed by atoms with Crippen LogP contribution in [0.5, 0.6) is 5.75 Å². The van der Waals surface area contributed by atoms with Crippen molar-refractivity contribution in [2.45, 2.75) is 0 Å². The van der Waals surface area contributed by atoms with E-state index in [0.29, 0.717) is 29.5 Å². The van der Waals surface area contributed by atoms with Crippen LogP contribution >= 0.6 is 11.6 Å². The molecule has 0 aliphatic heterocycles. The summed E-state index contributed by atoms with van der Waals surface area (Å²) in [6, 6.07) is 5.07. The first kappa shape index (κ1) is 16.3. The van der Waals surface area contributed by atoms with Gasteiger partial charge in [-0.1, -0.05) is 23.8 Å². The van der Waals surface area contributed by atoms with Gasteiger partial charge >= 0.3 is 0 Å². The molecule has 1 aromatic carbocycles. The topological polar surface area (TPSA) is 41.6 Å². The Morgan fingerprint density at radius 3 is 2.60 bits per heavy atom.